The van der Waals surface area contributed by atoms with Crippen LogP contribution in [0.15, 0.2) is 48.5 Å². The summed E-state index contributed by atoms with van der Waals surface area (Å²) in [5.74, 6) is 0.661. The van der Waals surface area contributed by atoms with Gasteiger partial charge in [-0.25, -0.2) is 4.98 Å². The van der Waals surface area contributed by atoms with Crippen LogP contribution in [0.4, 0.5) is 13.2 Å². The van der Waals surface area contributed by atoms with Crippen LogP contribution in [0.25, 0.3) is 22.4 Å². The lowest BCUT2D eigenvalue weighted by Gasteiger charge is -2.10. The van der Waals surface area contributed by atoms with Gasteiger partial charge in [-0.05, 0) is 37.2 Å². The second-order valence-corrected chi connectivity index (χ2v) is 5.29. The fourth-order valence-electron chi connectivity index (χ4n) is 2.58. The molecule has 0 atom stereocenters. The molecule has 0 spiro atoms. The summed E-state index contributed by atoms with van der Waals surface area (Å²) in [6.45, 7) is 1.21. The molecule has 0 radical (unpaired) electrons. The summed E-state index contributed by atoms with van der Waals surface area (Å²) in [7, 11) is 0. The number of fused-ring (bicyclic) bond motifs is 1. The number of nitrogens with zero attached hydrogens (tertiary/aromatic N) is 2. The predicted molar refractivity (Wildman–Crippen MR) is 83.8 cm³/mol. The number of imidazole rings is 1. The fraction of sp³-hybridized carbons (Fsp3) is 0.235. The molecular formula is C17H16F3N3. The molecule has 6 heteroatoms. The van der Waals surface area contributed by atoms with Gasteiger partial charge >= 0.3 is 6.18 Å². The minimum absolute atomic E-state index is 0.541. The van der Waals surface area contributed by atoms with E-state index in [0.29, 0.717) is 24.5 Å². The lowest BCUT2D eigenvalue weighted by Crippen LogP contribution is -2.07. The number of para-hydroxylation sites is 2. The Hall–Kier alpha value is -2.34. The second kappa shape index (κ2) is 6.04. The molecule has 0 unspecified atom stereocenters. The van der Waals surface area contributed by atoms with E-state index in [4.69, 9.17) is 5.73 Å². The van der Waals surface area contributed by atoms with Gasteiger partial charge in [0, 0.05) is 12.1 Å². The Kier molecular flexibility index (Phi) is 4.09. The van der Waals surface area contributed by atoms with Crippen molar-refractivity contribution in [1.82, 2.24) is 9.55 Å². The molecule has 0 saturated heterocycles. The molecule has 2 aromatic carbocycles. The van der Waals surface area contributed by atoms with Gasteiger partial charge in [-0.15, -0.1) is 0 Å². The van der Waals surface area contributed by atoms with Crippen molar-refractivity contribution in [2.75, 3.05) is 6.54 Å². The number of hydrogen-bond acceptors (Lipinski definition) is 2. The third-order valence-corrected chi connectivity index (χ3v) is 3.71. The van der Waals surface area contributed by atoms with Crippen molar-refractivity contribution in [3.63, 3.8) is 0 Å². The van der Waals surface area contributed by atoms with E-state index in [1.165, 1.54) is 12.1 Å². The molecule has 120 valence electrons. The Morgan fingerprint density at radius 3 is 2.35 bits per heavy atom. The lowest BCUT2D eigenvalue weighted by molar-refractivity contribution is -0.137. The van der Waals surface area contributed by atoms with E-state index >= 15 is 0 Å². The third kappa shape index (κ3) is 3.07. The molecule has 0 aliphatic carbocycles. The molecule has 3 nitrogen and oxygen atoms in total. The first-order chi connectivity index (χ1) is 11.0. The summed E-state index contributed by atoms with van der Waals surface area (Å²) in [5, 5.41) is 0. The highest BCUT2D eigenvalue weighted by atomic mass is 19.4. The van der Waals surface area contributed by atoms with Crippen LogP contribution in [0.1, 0.15) is 12.0 Å². The van der Waals surface area contributed by atoms with Crippen LogP contribution in [0.2, 0.25) is 0 Å². The molecule has 0 saturated carbocycles. The highest BCUT2D eigenvalue weighted by Crippen LogP contribution is 2.31. The van der Waals surface area contributed by atoms with Crippen LogP contribution in [0, 0.1) is 0 Å². The molecule has 1 heterocycles. The molecule has 23 heavy (non-hydrogen) atoms. The summed E-state index contributed by atoms with van der Waals surface area (Å²) < 4.78 is 40.1. The van der Waals surface area contributed by atoms with Gasteiger partial charge in [0.05, 0.1) is 16.6 Å². The molecule has 0 fully saturated rings. The molecular weight excluding hydrogens is 303 g/mol. The van der Waals surface area contributed by atoms with E-state index in [9.17, 15) is 13.2 Å². The smallest absolute Gasteiger partial charge is 0.330 e. The molecule has 0 aliphatic heterocycles. The van der Waals surface area contributed by atoms with Crippen molar-refractivity contribution in [3.8, 4) is 11.4 Å². The van der Waals surface area contributed by atoms with E-state index in [1.807, 2.05) is 28.8 Å². The minimum atomic E-state index is -4.34. The van der Waals surface area contributed by atoms with Crippen LogP contribution in [-0.2, 0) is 12.7 Å². The number of benzene rings is 2. The van der Waals surface area contributed by atoms with E-state index < -0.39 is 11.7 Å². The maximum atomic E-state index is 12.7. The number of halogens is 3. The van der Waals surface area contributed by atoms with Crippen molar-refractivity contribution >= 4 is 11.0 Å². The first kappa shape index (κ1) is 15.6. The molecule has 0 bridgehead atoms. The normalized spacial score (nSPS) is 12.0. The van der Waals surface area contributed by atoms with E-state index in [2.05, 4.69) is 4.98 Å². The van der Waals surface area contributed by atoms with Gasteiger partial charge in [0.2, 0.25) is 0 Å². The van der Waals surface area contributed by atoms with Crippen LogP contribution in [0.3, 0.4) is 0 Å². The van der Waals surface area contributed by atoms with Crippen LogP contribution >= 0.6 is 0 Å². The van der Waals surface area contributed by atoms with Crippen LogP contribution < -0.4 is 5.73 Å². The molecule has 3 rings (SSSR count). The van der Waals surface area contributed by atoms with E-state index in [1.54, 1.807) is 0 Å². The fourth-order valence-corrected chi connectivity index (χ4v) is 2.58. The summed E-state index contributed by atoms with van der Waals surface area (Å²) in [6, 6.07) is 12.7. The molecule has 0 amide bonds. The maximum Gasteiger partial charge on any atom is 0.416 e. The number of alkyl halides is 3. The molecule has 1 aromatic heterocycles. The summed E-state index contributed by atoms with van der Waals surface area (Å²) in [6.07, 6.45) is -3.56. The van der Waals surface area contributed by atoms with Gasteiger partial charge in [0.15, 0.2) is 0 Å². The predicted octanol–water partition coefficient (Wildman–Crippen LogP) is 4.07. The monoisotopic (exact) mass is 319 g/mol. The average molecular weight is 319 g/mol. The van der Waals surface area contributed by atoms with Crippen molar-refractivity contribution in [1.29, 1.82) is 0 Å². The minimum Gasteiger partial charge on any atom is -0.330 e. The Morgan fingerprint density at radius 1 is 1.00 bits per heavy atom. The average Bonchev–Trinajstić information content (AvgIpc) is 2.91. The Morgan fingerprint density at radius 2 is 1.70 bits per heavy atom. The van der Waals surface area contributed by atoms with Crippen LogP contribution in [0.5, 0.6) is 0 Å². The highest BCUT2D eigenvalue weighted by molar-refractivity contribution is 5.80. The van der Waals surface area contributed by atoms with Crippen LogP contribution in [-0.4, -0.2) is 16.1 Å². The topological polar surface area (TPSA) is 43.8 Å². The van der Waals surface area contributed by atoms with Crippen molar-refractivity contribution in [3.05, 3.63) is 54.1 Å². The van der Waals surface area contributed by atoms with Crippen molar-refractivity contribution in [2.45, 2.75) is 19.1 Å². The molecule has 3 aromatic rings. The standard InChI is InChI=1S/C17H16F3N3/c18-17(19,20)13-8-6-12(7-9-13)16-22-14-4-1-2-5-15(14)23(16)11-3-10-21/h1-2,4-9H,3,10-11,21H2. The Bertz CT molecular complexity index is 804. The molecule has 0 aliphatic rings. The lowest BCUT2D eigenvalue weighted by atomic mass is 10.1. The zero-order chi connectivity index (χ0) is 16.4. The number of aryl methyl sites for hydroxylation is 1. The number of rotatable bonds is 4. The largest absolute Gasteiger partial charge is 0.416 e. The van der Waals surface area contributed by atoms with Gasteiger partial charge < -0.3 is 10.3 Å². The van der Waals surface area contributed by atoms with Gasteiger partial charge in [-0.1, -0.05) is 24.3 Å². The zero-order valence-corrected chi connectivity index (χ0v) is 12.3. The number of nitrogens with two attached hydrogens (primary N) is 1. The highest BCUT2D eigenvalue weighted by Gasteiger charge is 2.30. The maximum absolute atomic E-state index is 12.7. The van der Waals surface area contributed by atoms with E-state index in [0.717, 1.165) is 29.6 Å². The van der Waals surface area contributed by atoms with Gasteiger partial charge in [0.1, 0.15) is 5.82 Å². The van der Waals surface area contributed by atoms with E-state index in [-0.39, 0.29) is 0 Å². The quantitative estimate of drug-likeness (QED) is 0.788. The third-order valence-electron chi connectivity index (χ3n) is 3.71. The van der Waals surface area contributed by atoms with Gasteiger partial charge in [-0.2, -0.15) is 13.2 Å². The number of aromatic nitrogens is 2. The second-order valence-electron chi connectivity index (χ2n) is 5.29. The summed E-state index contributed by atoms with van der Waals surface area (Å²) in [4.78, 5) is 4.57. The SMILES string of the molecule is NCCCn1c(-c2ccc(C(F)(F)F)cc2)nc2ccccc21. The van der Waals surface area contributed by atoms with Gasteiger partial charge in [0.25, 0.3) is 0 Å². The van der Waals surface area contributed by atoms with Gasteiger partial charge in [-0.3, -0.25) is 0 Å². The number of hydrogen-bond donors (Lipinski definition) is 1. The summed E-state index contributed by atoms with van der Waals surface area (Å²) in [5.41, 5.74) is 7.36. The molecule has 2 N–H and O–H groups in total. The summed E-state index contributed by atoms with van der Waals surface area (Å²) >= 11 is 0. The first-order valence-corrected chi connectivity index (χ1v) is 7.33. The zero-order valence-electron chi connectivity index (χ0n) is 12.3. The van der Waals surface area contributed by atoms with Crippen molar-refractivity contribution < 1.29 is 13.2 Å². The Balaban J connectivity index is 2.08. The first-order valence-electron chi connectivity index (χ1n) is 7.33. The Labute approximate surface area is 131 Å². The van der Waals surface area contributed by atoms with Crippen molar-refractivity contribution in [2.24, 2.45) is 5.73 Å².